The minimum Gasteiger partial charge on any atom is -0.354 e. The van der Waals surface area contributed by atoms with Crippen molar-refractivity contribution in [3.8, 4) is 0 Å². The summed E-state index contributed by atoms with van der Waals surface area (Å²) in [5, 5.41) is 6.79. The van der Waals surface area contributed by atoms with E-state index in [2.05, 4.69) is 21.7 Å². The normalized spacial score (nSPS) is 16.0. The Hall–Kier alpha value is -2.77. The molecule has 4 rings (SSSR count). The van der Waals surface area contributed by atoms with Gasteiger partial charge >= 0.3 is 0 Å². The van der Waals surface area contributed by atoms with Gasteiger partial charge in [-0.05, 0) is 36.8 Å². The van der Waals surface area contributed by atoms with Crippen molar-refractivity contribution in [2.24, 2.45) is 0 Å². The second-order valence-electron chi connectivity index (χ2n) is 6.93. The molecule has 7 heteroatoms. The minimum atomic E-state index is -0.353. The Bertz CT molecular complexity index is 966. The van der Waals surface area contributed by atoms with Gasteiger partial charge in [0, 0.05) is 25.2 Å². The van der Waals surface area contributed by atoms with Gasteiger partial charge in [0.1, 0.15) is 0 Å². The quantitative estimate of drug-likeness (QED) is 0.698. The van der Waals surface area contributed by atoms with Crippen LogP contribution >= 0.6 is 11.3 Å². The lowest BCUT2D eigenvalue weighted by Crippen LogP contribution is -2.53. The molecule has 1 atom stereocenters. The predicted octanol–water partition coefficient (Wildman–Crippen LogP) is 2.65. The molecule has 2 aromatic carbocycles. The molecule has 0 radical (unpaired) electrons. The van der Waals surface area contributed by atoms with E-state index in [1.807, 2.05) is 54.3 Å². The van der Waals surface area contributed by atoms with Crippen molar-refractivity contribution in [1.82, 2.24) is 15.2 Å². The molecule has 2 amide bonds. The third-order valence-corrected chi connectivity index (χ3v) is 5.95. The fraction of sp³-hybridized carbons (Fsp3) is 0.286. The summed E-state index contributed by atoms with van der Waals surface area (Å²) in [4.78, 5) is 30.6. The van der Waals surface area contributed by atoms with E-state index in [1.165, 1.54) is 4.70 Å². The van der Waals surface area contributed by atoms with E-state index in [9.17, 15) is 9.59 Å². The Labute approximate surface area is 167 Å². The van der Waals surface area contributed by atoms with Crippen LogP contribution in [0.4, 0.5) is 5.69 Å². The third-order valence-electron chi connectivity index (χ3n) is 4.91. The first kappa shape index (κ1) is 18.6. The lowest BCUT2D eigenvalue weighted by Gasteiger charge is -2.31. The molecule has 2 N–H and O–H groups in total. The van der Waals surface area contributed by atoms with Gasteiger partial charge in [-0.15, -0.1) is 11.3 Å². The number of thiazole rings is 1. The zero-order chi connectivity index (χ0) is 19.5. The summed E-state index contributed by atoms with van der Waals surface area (Å²) in [6, 6.07) is 15.6. The maximum Gasteiger partial charge on any atom is 0.241 e. The number of amides is 2. The van der Waals surface area contributed by atoms with Crippen LogP contribution in [-0.4, -0.2) is 47.4 Å². The summed E-state index contributed by atoms with van der Waals surface area (Å²) in [7, 11) is 0. The van der Waals surface area contributed by atoms with Crippen molar-refractivity contribution < 1.29 is 9.59 Å². The first-order valence-electron chi connectivity index (χ1n) is 9.33. The standard InChI is InChI=1S/C21H22N4O2S/c1-14(25-11-10-22-19(26)13-25)21(27)23-16-8-6-15(7-9-16)12-20-24-17-4-2-3-5-18(17)28-20/h2-9,14H,10-13H2,1H3,(H,22,26)(H,23,27)/t14-/m0/s1. The van der Waals surface area contributed by atoms with E-state index >= 15 is 0 Å². The molecule has 3 aromatic rings. The van der Waals surface area contributed by atoms with Crippen LogP contribution in [0.5, 0.6) is 0 Å². The highest BCUT2D eigenvalue weighted by Crippen LogP contribution is 2.24. The number of rotatable bonds is 5. The van der Waals surface area contributed by atoms with Gasteiger partial charge in [-0.25, -0.2) is 4.98 Å². The summed E-state index contributed by atoms with van der Waals surface area (Å²) < 4.78 is 1.20. The number of hydrogen-bond acceptors (Lipinski definition) is 5. The average molecular weight is 395 g/mol. The number of benzene rings is 2. The second kappa shape index (κ2) is 8.08. The van der Waals surface area contributed by atoms with Crippen LogP contribution in [-0.2, 0) is 16.0 Å². The Morgan fingerprint density at radius 3 is 2.79 bits per heavy atom. The van der Waals surface area contributed by atoms with Crippen LogP contribution < -0.4 is 10.6 Å². The molecule has 6 nitrogen and oxygen atoms in total. The molecule has 28 heavy (non-hydrogen) atoms. The molecular formula is C21H22N4O2S. The number of nitrogens with zero attached hydrogens (tertiary/aromatic N) is 2. The highest BCUT2D eigenvalue weighted by Gasteiger charge is 2.25. The van der Waals surface area contributed by atoms with Crippen LogP contribution in [0.2, 0.25) is 0 Å². The van der Waals surface area contributed by atoms with E-state index in [4.69, 9.17) is 0 Å². The first-order valence-corrected chi connectivity index (χ1v) is 10.1. The number of piperazine rings is 1. The molecule has 0 unspecified atom stereocenters. The molecule has 0 bridgehead atoms. The molecule has 0 aliphatic carbocycles. The summed E-state index contributed by atoms with van der Waals surface area (Å²) in [6.07, 6.45) is 0.771. The van der Waals surface area contributed by atoms with Crippen LogP contribution in [0.1, 0.15) is 17.5 Å². The van der Waals surface area contributed by atoms with Crippen LogP contribution in [0, 0.1) is 0 Å². The predicted molar refractivity (Wildman–Crippen MR) is 112 cm³/mol. The lowest BCUT2D eigenvalue weighted by atomic mass is 10.1. The number of carbonyl (C=O) groups excluding carboxylic acids is 2. The van der Waals surface area contributed by atoms with Crippen molar-refractivity contribution in [2.75, 3.05) is 25.0 Å². The van der Waals surface area contributed by atoms with Gasteiger partial charge in [-0.3, -0.25) is 14.5 Å². The SMILES string of the molecule is C[C@@H](C(=O)Nc1ccc(Cc2nc3ccccc3s2)cc1)N1CCNC(=O)C1. The van der Waals surface area contributed by atoms with E-state index in [1.54, 1.807) is 11.3 Å². The van der Waals surface area contributed by atoms with Crippen molar-refractivity contribution in [1.29, 1.82) is 0 Å². The number of hydrogen-bond donors (Lipinski definition) is 2. The molecule has 1 saturated heterocycles. The monoisotopic (exact) mass is 394 g/mol. The Morgan fingerprint density at radius 1 is 1.25 bits per heavy atom. The molecule has 144 valence electrons. The summed E-state index contributed by atoms with van der Waals surface area (Å²) >= 11 is 1.71. The van der Waals surface area contributed by atoms with Crippen molar-refractivity contribution in [2.45, 2.75) is 19.4 Å². The van der Waals surface area contributed by atoms with Crippen molar-refractivity contribution in [3.63, 3.8) is 0 Å². The van der Waals surface area contributed by atoms with Crippen LogP contribution in [0.25, 0.3) is 10.2 Å². The summed E-state index contributed by atoms with van der Waals surface area (Å²) in [6.45, 7) is 3.35. The Morgan fingerprint density at radius 2 is 2.04 bits per heavy atom. The number of fused-ring (bicyclic) bond motifs is 1. The van der Waals surface area contributed by atoms with Gasteiger partial charge in [-0.1, -0.05) is 24.3 Å². The van der Waals surface area contributed by atoms with Crippen LogP contribution in [0.3, 0.4) is 0 Å². The molecule has 1 fully saturated rings. The number of aromatic nitrogens is 1. The fourth-order valence-corrected chi connectivity index (χ4v) is 4.28. The van der Waals surface area contributed by atoms with Gasteiger partial charge in [0.05, 0.1) is 27.8 Å². The average Bonchev–Trinajstić information content (AvgIpc) is 3.11. The lowest BCUT2D eigenvalue weighted by molar-refractivity contribution is -0.127. The van der Waals surface area contributed by atoms with E-state index in [-0.39, 0.29) is 24.4 Å². The molecule has 0 saturated carbocycles. The minimum absolute atomic E-state index is 0.0369. The summed E-state index contributed by atoms with van der Waals surface area (Å²) in [5.41, 5.74) is 2.94. The van der Waals surface area contributed by atoms with Gasteiger partial charge in [-0.2, -0.15) is 0 Å². The van der Waals surface area contributed by atoms with E-state index in [0.717, 1.165) is 28.2 Å². The van der Waals surface area contributed by atoms with Gasteiger partial charge < -0.3 is 10.6 Å². The fourth-order valence-electron chi connectivity index (χ4n) is 3.28. The molecular weight excluding hydrogens is 372 g/mol. The van der Waals surface area contributed by atoms with E-state index in [0.29, 0.717) is 13.1 Å². The van der Waals surface area contributed by atoms with Gasteiger partial charge in [0.15, 0.2) is 0 Å². The number of nitrogens with one attached hydrogen (secondary N) is 2. The number of carbonyl (C=O) groups is 2. The number of para-hydroxylation sites is 1. The maximum atomic E-state index is 12.5. The third kappa shape index (κ3) is 4.21. The topological polar surface area (TPSA) is 74.3 Å². The molecule has 2 heterocycles. The Balaban J connectivity index is 1.37. The molecule has 0 spiro atoms. The smallest absolute Gasteiger partial charge is 0.241 e. The van der Waals surface area contributed by atoms with Crippen LogP contribution in [0.15, 0.2) is 48.5 Å². The maximum absolute atomic E-state index is 12.5. The Kier molecular flexibility index (Phi) is 5.36. The largest absolute Gasteiger partial charge is 0.354 e. The molecule has 1 aliphatic heterocycles. The zero-order valence-corrected chi connectivity index (χ0v) is 16.5. The molecule has 1 aromatic heterocycles. The number of anilines is 1. The highest BCUT2D eigenvalue weighted by atomic mass is 32.1. The van der Waals surface area contributed by atoms with Crippen molar-refractivity contribution in [3.05, 3.63) is 59.1 Å². The van der Waals surface area contributed by atoms with E-state index < -0.39 is 0 Å². The zero-order valence-electron chi connectivity index (χ0n) is 15.6. The second-order valence-corrected chi connectivity index (χ2v) is 8.05. The van der Waals surface area contributed by atoms with Gasteiger partial charge in [0.2, 0.25) is 11.8 Å². The highest BCUT2D eigenvalue weighted by molar-refractivity contribution is 7.18. The molecule has 1 aliphatic rings. The summed E-state index contributed by atoms with van der Waals surface area (Å²) in [5.74, 6) is -0.140. The first-order chi connectivity index (χ1) is 13.6. The van der Waals surface area contributed by atoms with Crippen molar-refractivity contribution >= 4 is 39.1 Å². The van der Waals surface area contributed by atoms with Gasteiger partial charge in [0.25, 0.3) is 0 Å².